The number of aromatic hydroxyl groups is 1. The number of phenolic OH excluding ortho intramolecular Hbond substituents is 1. The van der Waals surface area contributed by atoms with Crippen LogP contribution in [-0.4, -0.2) is 149 Å². The van der Waals surface area contributed by atoms with Crippen LogP contribution < -0.4 is 43.2 Å². The van der Waals surface area contributed by atoms with Gasteiger partial charge in [0.1, 0.15) is 42.8 Å². The second kappa shape index (κ2) is 33.6. The molecule has 0 aliphatic rings. The number of ether oxygens (including phenoxy) is 8. The number of aromatic nitrogens is 2. The molecule has 23 nitrogen and oxygen atoms in total. The van der Waals surface area contributed by atoms with Gasteiger partial charge in [-0.2, -0.15) is 0 Å². The van der Waals surface area contributed by atoms with Gasteiger partial charge in [-0.3, -0.25) is 25.4 Å². The Morgan fingerprint density at radius 3 is 2.01 bits per heavy atom. The number of aliphatic imine (C=N–C) groups is 2. The number of unbranched alkanes of at least 4 members (excludes halogenated alkanes) is 2. The molecule has 0 aliphatic carbocycles. The number of nitrogens with two attached hydrogens (primary N) is 3. The Bertz CT molecular complexity index is 2480. The molecule has 0 spiro atoms. The highest BCUT2D eigenvalue weighted by molar-refractivity contribution is 6.31. The lowest BCUT2D eigenvalue weighted by atomic mass is 10.1. The highest BCUT2D eigenvalue weighted by Crippen LogP contribution is 2.21. The maximum atomic E-state index is 12.9. The van der Waals surface area contributed by atoms with Gasteiger partial charge in [0.25, 0.3) is 5.91 Å². The second-order valence-corrected chi connectivity index (χ2v) is 17.7. The number of anilines is 2. The molecule has 4 aromatic rings. The van der Waals surface area contributed by atoms with E-state index in [-0.39, 0.29) is 54.0 Å². The van der Waals surface area contributed by atoms with Crippen LogP contribution in [0, 0.1) is 0 Å². The van der Waals surface area contributed by atoms with E-state index in [0.717, 1.165) is 47.6 Å². The minimum Gasteiger partial charge on any atom is -0.508 e. The molecule has 0 fully saturated rings. The molecule has 0 unspecified atom stereocenters. The molecular formula is C51H72ClN11O12. The number of halogens is 1. The van der Waals surface area contributed by atoms with E-state index in [4.69, 9.17) is 66.7 Å². The minimum atomic E-state index is -0.809. The summed E-state index contributed by atoms with van der Waals surface area (Å²) in [4.78, 5) is 53.7. The molecule has 1 heterocycles. The number of hydrogen-bond acceptors (Lipinski definition) is 19. The van der Waals surface area contributed by atoms with Crippen LogP contribution in [-0.2, 0) is 39.6 Å². The largest absolute Gasteiger partial charge is 0.508 e. The molecule has 11 N–H and O–H groups in total. The fraction of sp³-hybridized carbons (Fsp3) is 0.471. The quantitative estimate of drug-likeness (QED) is 0.0131. The van der Waals surface area contributed by atoms with Crippen LogP contribution >= 0.6 is 11.6 Å². The molecule has 75 heavy (non-hydrogen) atoms. The Kier molecular flexibility index (Phi) is 27.0. The van der Waals surface area contributed by atoms with E-state index in [9.17, 15) is 19.5 Å². The fourth-order valence-corrected chi connectivity index (χ4v) is 6.56. The molecule has 24 heteroatoms. The van der Waals surface area contributed by atoms with Crippen LogP contribution in [0.4, 0.5) is 21.2 Å². The fourth-order valence-electron chi connectivity index (χ4n) is 6.43. The summed E-state index contributed by atoms with van der Waals surface area (Å²) in [5.41, 5.74) is 18.4. The number of alkyl carbamates (subject to hydrolysis) is 2. The summed E-state index contributed by atoms with van der Waals surface area (Å²) in [5.74, 6) is 0.477. The maximum Gasteiger partial charge on any atom is 0.414 e. The first kappa shape index (κ1) is 60.4. The van der Waals surface area contributed by atoms with Gasteiger partial charge >= 0.3 is 12.2 Å². The maximum absolute atomic E-state index is 12.9. The van der Waals surface area contributed by atoms with Crippen molar-refractivity contribution in [3.63, 3.8) is 0 Å². The number of phenols is 1. The molecule has 0 radical (unpaired) electrons. The van der Waals surface area contributed by atoms with Crippen molar-refractivity contribution in [3.05, 3.63) is 95.1 Å². The molecule has 410 valence electrons. The van der Waals surface area contributed by atoms with E-state index in [2.05, 4.69) is 47.8 Å². The molecule has 3 aromatic carbocycles. The number of aryl methyl sites for hydroxylation is 1. The predicted molar refractivity (Wildman–Crippen MR) is 286 cm³/mol. The van der Waals surface area contributed by atoms with Crippen molar-refractivity contribution in [1.82, 2.24) is 31.2 Å². The Labute approximate surface area is 442 Å². The summed E-state index contributed by atoms with van der Waals surface area (Å²) >= 11 is 5.92. The Balaban J connectivity index is 0.913. The Morgan fingerprint density at radius 2 is 1.31 bits per heavy atom. The van der Waals surface area contributed by atoms with Crippen molar-refractivity contribution in [1.29, 1.82) is 0 Å². The molecule has 0 bridgehead atoms. The zero-order valence-electron chi connectivity index (χ0n) is 43.0. The van der Waals surface area contributed by atoms with Crippen molar-refractivity contribution < 1.29 is 57.4 Å². The zero-order valence-corrected chi connectivity index (χ0v) is 43.7. The Hall–Kier alpha value is -7.18. The molecular weight excluding hydrogens is 994 g/mol. The van der Waals surface area contributed by atoms with Gasteiger partial charge in [0.05, 0.1) is 59.4 Å². The summed E-state index contributed by atoms with van der Waals surface area (Å²) in [6.07, 6.45) is 2.37. The third-order valence-electron chi connectivity index (χ3n) is 10.1. The van der Waals surface area contributed by atoms with Gasteiger partial charge in [0.15, 0.2) is 28.4 Å². The van der Waals surface area contributed by atoms with Gasteiger partial charge in [0.2, 0.25) is 5.96 Å². The van der Waals surface area contributed by atoms with E-state index in [0.29, 0.717) is 103 Å². The number of fused-ring (bicyclic) bond motifs is 1. The van der Waals surface area contributed by atoms with Crippen molar-refractivity contribution in [2.45, 2.75) is 58.5 Å². The number of amides is 3. The normalized spacial score (nSPS) is 11.7. The molecule has 0 atom stereocenters. The lowest BCUT2D eigenvalue weighted by Gasteiger charge is -2.20. The number of guanidine groups is 1. The van der Waals surface area contributed by atoms with E-state index < -0.39 is 23.7 Å². The number of benzene rings is 3. The zero-order chi connectivity index (χ0) is 54.3. The second-order valence-electron chi connectivity index (χ2n) is 17.3. The van der Waals surface area contributed by atoms with Crippen LogP contribution in [0.1, 0.15) is 68.1 Å². The summed E-state index contributed by atoms with van der Waals surface area (Å²) in [6.45, 7) is 14.5. The van der Waals surface area contributed by atoms with Crippen LogP contribution in [0.2, 0.25) is 5.15 Å². The number of amidine groups is 1. The average molecular weight is 1070 g/mol. The third-order valence-corrected chi connectivity index (χ3v) is 10.4. The smallest absolute Gasteiger partial charge is 0.414 e. The van der Waals surface area contributed by atoms with E-state index >= 15 is 0 Å². The van der Waals surface area contributed by atoms with Gasteiger partial charge in [-0.1, -0.05) is 41.9 Å². The first-order chi connectivity index (χ1) is 36.1. The number of hydrogen-bond donors (Lipinski definition) is 8. The van der Waals surface area contributed by atoms with Gasteiger partial charge in [-0.05, 0) is 106 Å². The third kappa shape index (κ3) is 25.6. The highest BCUT2D eigenvalue weighted by atomic mass is 35.5. The predicted octanol–water partition coefficient (Wildman–Crippen LogP) is 5.22. The SMILES string of the molecule is C=C(NCCCCNC(=O)OCCOCCOCCOCCN=C(N)c1ccc2cc(O)ccc2c1)OCCOCCOc1ccc(CCCCN=C(NC(=O)OC(C)(C)C)NC(=O)c2nc(Cl)c(N)nc2N)cc1. The highest BCUT2D eigenvalue weighted by Gasteiger charge is 2.21. The molecule has 0 saturated carbocycles. The molecule has 0 saturated heterocycles. The van der Waals surface area contributed by atoms with Crippen LogP contribution in [0.15, 0.2) is 83.1 Å². The summed E-state index contributed by atoms with van der Waals surface area (Å²) < 4.78 is 43.9. The van der Waals surface area contributed by atoms with Crippen LogP contribution in [0.25, 0.3) is 10.8 Å². The van der Waals surface area contributed by atoms with Crippen LogP contribution in [0.3, 0.4) is 0 Å². The summed E-state index contributed by atoms with van der Waals surface area (Å²) in [5, 5.41) is 22.1. The lowest BCUT2D eigenvalue weighted by molar-refractivity contribution is 0.00681. The molecule has 4 rings (SSSR count). The van der Waals surface area contributed by atoms with Crippen LogP contribution in [0.5, 0.6) is 11.5 Å². The number of nitrogens with zero attached hydrogens (tertiary/aromatic N) is 4. The standard InChI is InChI=1S/C51H72ClN11O12/c1-35(56-18-7-8-20-59-49(66)74-32-29-70-26-25-69-24-23-68-22-21-57-44(53)39-13-12-38-34-40(64)15-14-37(38)33-39)72-30-27-71-28-31-73-41-16-10-36(11-17-41)9-5-6-19-58-48(63-50(67)75-51(2,3)4)62-47(65)42-45(54)61-46(55)43(52)60-42/h10-17,33-34,56,64H,1,5-9,18-32H2,2-4H3,(H2,53,57)(H,59,66)(H4,54,55,61)(H2,58,62,63,65,67). The summed E-state index contributed by atoms with van der Waals surface area (Å²) in [7, 11) is 0. The van der Waals surface area contributed by atoms with Crippen molar-refractivity contribution in [2.75, 3.05) is 110 Å². The monoisotopic (exact) mass is 1070 g/mol. The molecule has 1 aromatic heterocycles. The van der Waals surface area contributed by atoms with Gasteiger partial charge in [0, 0.05) is 25.2 Å². The van der Waals surface area contributed by atoms with E-state index in [1.54, 1.807) is 32.9 Å². The number of nitrogens with one attached hydrogen (secondary N) is 4. The lowest BCUT2D eigenvalue weighted by Crippen LogP contribution is -2.46. The Morgan fingerprint density at radius 1 is 0.680 bits per heavy atom. The van der Waals surface area contributed by atoms with E-state index in [1.807, 2.05) is 48.5 Å². The summed E-state index contributed by atoms with van der Waals surface area (Å²) in [6, 6.07) is 18.6. The molecule has 0 aliphatic heterocycles. The average Bonchev–Trinajstić information content (AvgIpc) is 3.36. The van der Waals surface area contributed by atoms with Gasteiger partial charge in [-0.25, -0.2) is 19.6 Å². The van der Waals surface area contributed by atoms with Crippen molar-refractivity contribution >= 4 is 63.9 Å². The minimum absolute atomic E-state index is 0.126. The van der Waals surface area contributed by atoms with Gasteiger partial charge < -0.3 is 70.8 Å². The first-order valence-corrected chi connectivity index (χ1v) is 24.9. The molecule has 3 amide bonds. The van der Waals surface area contributed by atoms with E-state index in [1.165, 1.54) is 0 Å². The topological polar surface area (TPSA) is 322 Å². The number of carbonyl (C=O) groups is 3. The van der Waals surface area contributed by atoms with Crippen molar-refractivity contribution in [3.8, 4) is 11.5 Å². The number of carbonyl (C=O) groups excluding carboxylic acids is 3. The number of rotatable bonds is 33. The van der Waals surface area contributed by atoms with Gasteiger partial charge in [-0.15, -0.1) is 0 Å². The number of nitrogen functional groups attached to an aromatic ring is 2. The first-order valence-electron chi connectivity index (χ1n) is 24.5. The van der Waals surface area contributed by atoms with Crippen molar-refractivity contribution in [2.24, 2.45) is 15.7 Å².